The van der Waals surface area contributed by atoms with Gasteiger partial charge < -0.3 is 15.2 Å². The number of hydrogen-bond donors (Lipinski definition) is 1. The molecule has 1 atom stereocenters. The Bertz CT molecular complexity index is 387. The Kier molecular flexibility index (Phi) is 3.64. The molecular weight excluding hydrogens is 221 g/mol. The Balaban J connectivity index is 2.28. The molecule has 1 aromatic rings. The van der Waals surface area contributed by atoms with Crippen LogP contribution >= 0.6 is 0 Å². The number of ether oxygens (including phenoxy) is 2. The lowest BCUT2D eigenvalue weighted by molar-refractivity contribution is 0.139. The van der Waals surface area contributed by atoms with Crippen molar-refractivity contribution in [2.24, 2.45) is 5.73 Å². The van der Waals surface area contributed by atoms with Gasteiger partial charge in [0.1, 0.15) is 0 Å². The fourth-order valence-corrected chi connectivity index (χ4v) is 2.24. The van der Waals surface area contributed by atoms with Crippen LogP contribution in [0.4, 0.5) is 4.39 Å². The first-order valence-corrected chi connectivity index (χ1v) is 5.86. The van der Waals surface area contributed by atoms with Crippen LogP contribution in [0.2, 0.25) is 0 Å². The van der Waals surface area contributed by atoms with E-state index in [1.165, 1.54) is 13.2 Å². The average Bonchev–Trinajstić information content (AvgIpc) is 2.55. The van der Waals surface area contributed by atoms with Crippen LogP contribution in [-0.4, -0.2) is 20.3 Å². The summed E-state index contributed by atoms with van der Waals surface area (Å²) in [5, 5.41) is 0. The summed E-state index contributed by atoms with van der Waals surface area (Å²) >= 11 is 0. The molecule has 1 heterocycles. The van der Waals surface area contributed by atoms with Crippen LogP contribution < -0.4 is 10.5 Å². The molecule has 2 N–H and O–H groups in total. The van der Waals surface area contributed by atoms with Crippen molar-refractivity contribution < 1.29 is 13.9 Å². The number of methoxy groups -OCH3 is 1. The van der Waals surface area contributed by atoms with Crippen molar-refractivity contribution in [2.45, 2.75) is 24.8 Å². The first-order valence-electron chi connectivity index (χ1n) is 5.86. The standard InChI is InChI=1S/C13H18FNO2/c1-16-12-4-3-10(9-11(12)14)13(15)5-2-7-17-8-6-13/h3-4,9H,2,5-8,15H2,1H3. The van der Waals surface area contributed by atoms with E-state index in [2.05, 4.69) is 0 Å². The van der Waals surface area contributed by atoms with Crippen LogP contribution in [0, 0.1) is 5.82 Å². The van der Waals surface area contributed by atoms with Gasteiger partial charge in [-0.2, -0.15) is 0 Å². The molecule has 0 aromatic heterocycles. The molecule has 1 aliphatic rings. The fourth-order valence-electron chi connectivity index (χ4n) is 2.24. The molecule has 0 aliphatic carbocycles. The maximum Gasteiger partial charge on any atom is 0.165 e. The number of hydrogen-bond acceptors (Lipinski definition) is 3. The second-order valence-electron chi connectivity index (χ2n) is 4.47. The molecule has 1 fully saturated rings. The zero-order valence-corrected chi connectivity index (χ0v) is 10.0. The zero-order valence-electron chi connectivity index (χ0n) is 10.0. The molecule has 0 saturated carbocycles. The second kappa shape index (κ2) is 5.02. The van der Waals surface area contributed by atoms with Crippen molar-refractivity contribution in [1.82, 2.24) is 0 Å². The number of benzene rings is 1. The van der Waals surface area contributed by atoms with Crippen molar-refractivity contribution in [3.8, 4) is 5.75 Å². The Morgan fingerprint density at radius 1 is 1.35 bits per heavy atom. The summed E-state index contributed by atoms with van der Waals surface area (Å²) in [7, 11) is 1.45. The van der Waals surface area contributed by atoms with Crippen molar-refractivity contribution in [3.63, 3.8) is 0 Å². The van der Waals surface area contributed by atoms with Crippen molar-refractivity contribution in [3.05, 3.63) is 29.6 Å². The van der Waals surface area contributed by atoms with E-state index in [1.807, 2.05) is 6.07 Å². The molecule has 1 unspecified atom stereocenters. The minimum absolute atomic E-state index is 0.252. The molecule has 0 radical (unpaired) electrons. The molecule has 1 aromatic carbocycles. The van der Waals surface area contributed by atoms with Gasteiger partial charge in [0.25, 0.3) is 0 Å². The van der Waals surface area contributed by atoms with Gasteiger partial charge in [-0.15, -0.1) is 0 Å². The van der Waals surface area contributed by atoms with Gasteiger partial charge >= 0.3 is 0 Å². The van der Waals surface area contributed by atoms with Gasteiger partial charge in [0.2, 0.25) is 0 Å². The van der Waals surface area contributed by atoms with Crippen LogP contribution in [0.25, 0.3) is 0 Å². The normalized spacial score (nSPS) is 25.4. The topological polar surface area (TPSA) is 44.5 Å². The molecular formula is C13H18FNO2. The van der Waals surface area contributed by atoms with Gasteiger partial charge in [-0.3, -0.25) is 0 Å². The van der Waals surface area contributed by atoms with E-state index in [-0.39, 0.29) is 11.6 Å². The molecule has 0 spiro atoms. The predicted octanol–water partition coefficient (Wildman–Crippen LogP) is 2.19. The second-order valence-corrected chi connectivity index (χ2v) is 4.47. The van der Waals surface area contributed by atoms with Gasteiger partial charge in [-0.05, 0) is 37.0 Å². The van der Waals surface area contributed by atoms with Crippen molar-refractivity contribution in [2.75, 3.05) is 20.3 Å². The maximum absolute atomic E-state index is 13.7. The highest BCUT2D eigenvalue weighted by molar-refractivity contribution is 5.33. The Morgan fingerprint density at radius 3 is 2.88 bits per heavy atom. The summed E-state index contributed by atoms with van der Waals surface area (Å²) in [5.74, 6) is -0.109. The van der Waals surface area contributed by atoms with Crippen molar-refractivity contribution >= 4 is 0 Å². The smallest absolute Gasteiger partial charge is 0.165 e. The van der Waals surface area contributed by atoms with E-state index in [0.717, 1.165) is 31.4 Å². The highest BCUT2D eigenvalue weighted by Gasteiger charge is 2.29. The van der Waals surface area contributed by atoms with E-state index >= 15 is 0 Å². The maximum atomic E-state index is 13.7. The fraction of sp³-hybridized carbons (Fsp3) is 0.538. The lowest BCUT2D eigenvalue weighted by Gasteiger charge is -2.28. The van der Waals surface area contributed by atoms with E-state index in [4.69, 9.17) is 15.2 Å². The van der Waals surface area contributed by atoms with Gasteiger partial charge in [0, 0.05) is 18.8 Å². The average molecular weight is 239 g/mol. The third kappa shape index (κ3) is 2.58. The summed E-state index contributed by atoms with van der Waals surface area (Å²) in [6.45, 7) is 1.36. The lowest BCUT2D eigenvalue weighted by Crippen LogP contribution is -2.37. The van der Waals surface area contributed by atoms with Gasteiger partial charge in [0.15, 0.2) is 11.6 Å². The molecule has 0 amide bonds. The SMILES string of the molecule is COc1ccc(C2(N)CCCOCC2)cc1F. The predicted molar refractivity (Wildman–Crippen MR) is 63.5 cm³/mol. The largest absolute Gasteiger partial charge is 0.494 e. The quantitative estimate of drug-likeness (QED) is 0.860. The first kappa shape index (κ1) is 12.3. The lowest BCUT2D eigenvalue weighted by atomic mass is 9.84. The third-order valence-electron chi connectivity index (χ3n) is 3.33. The minimum Gasteiger partial charge on any atom is -0.494 e. The molecule has 3 nitrogen and oxygen atoms in total. The van der Waals surface area contributed by atoms with Crippen LogP contribution in [0.1, 0.15) is 24.8 Å². The number of nitrogens with two attached hydrogens (primary N) is 1. The highest BCUT2D eigenvalue weighted by atomic mass is 19.1. The molecule has 0 bridgehead atoms. The highest BCUT2D eigenvalue weighted by Crippen LogP contribution is 2.32. The summed E-state index contributed by atoms with van der Waals surface area (Å²) in [6.07, 6.45) is 2.45. The van der Waals surface area contributed by atoms with Crippen LogP contribution in [0.15, 0.2) is 18.2 Å². The van der Waals surface area contributed by atoms with Crippen LogP contribution in [0.5, 0.6) is 5.75 Å². The number of rotatable bonds is 2. The minimum atomic E-state index is -0.483. The third-order valence-corrected chi connectivity index (χ3v) is 3.33. The summed E-state index contributed by atoms with van der Waals surface area (Å²) in [6, 6.07) is 4.95. The monoisotopic (exact) mass is 239 g/mol. The summed E-state index contributed by atoms with van der Waals surface area (Å²) in [5.41, 5.74) is 6.69. The van der Waals surface area contributed by atoms with Crippen LogP contribution in [0.3, 0.4) is 0 Å². The van der Waals surface area contributed by atoms with Gasteiger partial charge in [0.05, 0.1) is 7.11 Å². The molecule has 1 aliphatic heterocycles. The molecule has 94 valence electrons. The van der Waals surface area contributed by atoms with E-state index in [1.54, 1.807) is 6.07 Å². The summed E-state index contributed by atoms with van der Waals surface area (Å²) in [4.78, 5) is 0. The Hall–Kier alpha value is -1.13. The van der Waals surface area contributed by atoms with Crippen molar-refractivity contribution in [1.29, 1.82) is 0 Å². The molecule has 4 heteroatoms. The van der Waals surface area contributed by atoms with Crippen LogP contribution in [-0.2, 0) is 10.3 Å². The summed E-state index contributed by atoms with van der Waals surface area (Å²) < 4.78 is 24.0. The molecule has 17 heavy (non-hydrogen) atoms. The van der Waals surface area contributed by atoms with E-state index in [0.29, 0.717) is 6.61 Å². The Morgan fingerprint density at radius 2 is 2.18 bits per heavy atom. The van der Waals surface area contributed by atoms with E-state index in [9.17, 15) is 4.39 Å². The molecule has 1 saturated heterocycles. The Labute approximate surface area is 101 Å². The van der Waals surface area contributed by atoms with E-state index < -0.39 is 5.54 Å². The van der Waals surface area contributed by atoms with Gasteiger partial charge in [-0.25, -0.2) is 4.39 Å². The first-order chi connectivity index (χ1) is 8.15. The number of halogens is 1. The zero-order chi connectivity index (χ0) is 12.3. The molecule has 2 rings (SSSR count). The van der Waals surface area contributed by atoms with Gasteiger partial charge in [-0.1, -0.05) is 6.07 Å².